The molecule has 120 valence electrons. The lowest BCUT2D eigenvalue weighted by molar-refractivity contribution is -0.161. The largest absolute Gasteiger partial charge is 0.378 e. The number of amides is 2. The Hall–Kier alpha value is -1.10. The van der Waals surface area contributed by atoms with E-state index in [1.807, 2.05) is 32.6 Å². The SMILES string of the molecule is CCCC1NC(=O)C(C(C)C)N(C2CC(OCC)C2)C1=O. The number of ether oxygens (including phenoxy) is 1. The van der Waals surface area contributed by atoms with Gasteiger partial charge in [0.2, 0.25) is 11.8 Å². The zero-order valence-electron chi connectivity index (χ0n) is 13.6. The molecule has 2 fully saturated rings. The molecule has 0 aromatic carbocycles. The first-order valence-electron chi connectivity index (χ1n) is 8.23. The van der Waals surface area contributed by atoms with E-state index in [0.717, 1.165) is 19.3 Å². The van der Waals surface area contributed by atoms with Gasteiger partial charge in [0.1, 0.15) is 12.1 Å². The van der Waals surface area contributed by atoms with Gasteiger partial charge in [-0.3, -0.25) is 9.59 Å². The number of nitrogens with zero attached hydrogens (tertiary/aromatic N) is 1. The Labute approximate surface area is 127 Å². The van der Waals surface area contributed by atoms with Crippen LogP contribution in [0.4, 0.5) is 0 Å². The monoisotopic (exact) mass is 296 g/mol. The number of piperazine rings is 1. The minimum absolute atomic E-state index is 0.00269. The summed E-state index contributed by atoms with van der Waals surface area (Å²) in [4.78, 5) is 27.0. The van der Waals surface area contributed by atoms with Crippen LogP contribution in [-0.2, 0) is 14.3 Å². The van der Waals surface area contributed by atoms with Crippen molar-refractivity contribution in [2.45, 2.75) is 77.6 Å². The van der Waals surface area contributed by atoms with E-state index in [-0.39, 0.29) is 42.0 Å². The van der Waals surface area contributed by atoms with E-state index in [2.05, 4.69) is 5.32 Å². The molecule has 0 radical (unpaired) electrons. The summed E-state index contributed by atoms with van der Waals surface area (Å²) < 4.78 is 5.59. The Morgan fingerprint density at radius 2 is 1.95 bits per heavy atom. The summed E-state index contributed by atoms with van der Waals surface area (Å²) in [6.45, 7) is 8.73. The van der Waals surface area contributed by atoms with E-state index in [9.17, 15) is 9.59 Å². The molecule has 1 heterocycles. The summed E-state index contributed by atoms with van der Waals surface area (Å²) in [7, 11) is 0. The quantitative estimate of drug-likeness (QED) is 0.811. The fourth-order valence-corrected chi connectivity index (χ4v) is 3.41. The van der Waals surface area contributed by atoms with E-state index in [0.29, 0.717) is 13.0 Å². The molecule has 2 atom stereocenters. The Morgan fingerprint density at radius 3 is 2.48 bits per heavy atom. The summed E-state index contributed by atoms with van der Waals surface area (Å²) in [5.74, 6) is 0.223. The maximum absolute atomic E-state index is 12.7. The van der Waals surface area contributed by atoms with Crippen LogP contribution in [-0.4, -0.2) is 47.6 Å². The van der Waals surface area contributed by atoms with E-state index in [4.69, 9.17) is 4.74 Å². The summed E-state index contributed by atoms with van der Waals surface area (Å²) in [6.07, 6.45) is 3.57. The van der Waals surface area contributed by atoms with Crippen LogP contribution in [0.3, 0.4) is 0 Å². The Bertz CT molecular complexity index is 391. The standard InChI is InChI=1S/C16H28N2O3/c1-5-7-13-16(20)18(11-8-12(9-11)21-6-2)14(10(3)4)15(19)17-13/h10-14H,5-9H2,1-4H3,(H,17,19). The predicted molar refractivity (Wildman–Crippen MR) is 80.7 cm³/mol. The molecule has 2 unspecified atom stereocenters. The second-order valence-electron chi connectivity index (χ2n) is 6.49. The molecular formula is C16H28N2O3. The first-order valence-corrected chi connectivity index (χ1v) is 8.23. The molecule has 0 bridgehead atoms. The van der Waals surface area contributed by atoms with Gasteiger partial charge in [0.05, 0.1) is 6.10 Å². The van der Waals surface area contributed by atoms with Gasteiger partial charge in [-0.2, -0.15) is 0 Å². The van der Waals surface area contributed by atoms with E-state index >= 15 is 0 Å². The first kappa shape index (κ1) is 16.3. The third-order valence-corrected chi connectivity index (χ3v) is 4.51. The zero-order valence-corrected chi connectivity index (χ0v) is 13.6. The van der Waals surface area contributed by atoms with Gasteiger partial charge >= 0.3 is 0 Å². The van der Waals surface area contributed by atoms with Crippen LogP contribution in [0.25, 0.3) is 0 Å². The molecule has 1 aliphatic carbocycles. The highest BCUT2D eigenvalue weighted by molar-refractivity contribution is 5.97. The molecule has 21 heavy (non-hydrogen) atoms. The Morgan fingerprint density at radius 1 is 1.29 bits per heavy atom. The highest BCUT2D eigenvalue weighted by Gasteiger charge is 2.48. The van der Waals surface area contributed by atoms with Crippen molar-refractivity contribution in [1.82, 2.24) is 10.2 Å². The van der Waals surface area contributed by atoms with Crippen molar-refractivity contribution in [2.75, 3.05) is 6.61 Å². The lowest BCUT2D eigenvalue weighted by Crippen LogP contribution is -2.69. The minimum atomic E-state index is -0.344. The molecular weight excluding hydrogens is 268 g/mol. The van der Waals surface area contributed by atoms with Gasteiger partial charge in [-0.25, -0.2) is 0 Å². The average Bonchev–Trinajstić information content (AvgIpc) is 2.37. The summed E-state index contributed by atoms with van der Waals surface area (Å²) in [5, 5.41) is 2.91. The van der Waals surface area contributed by atoms with Gasteiger partial charge in [-0.15, -0.1) is 0 Å². The second-order valence-corrected chi connectivity index (χ2v) is 6.49. The summed E-state index contributed by atoms with van der Waals surface area (Å²) >= 11 is 0. The van der Waals surface area contributed by atoms with E-state index < -0.39 is 0 Å². The first-order chi connectivity index (χ1) is 9.99. The van der Waals surface area contributed by atoms with Gasteiger partial charge in [-0.05, 0) is 32.1 Å². The van der Waals surface area contributed by atoms with Crippen LogP contribution in [0.15, 0.2) is 0 Å². The van der Waals surface area contributed by atoms with Crippen LogP contribution < -0.4 is 5.32 Å². The number of nitrogens with one attached hydrogen (secondary N) is 1. The topological polar surface area (TPSA) is 58.6 Å². The summed E-state index contributed by atoms with van der Waals surface area (Å²) in [6, 6.07) is -0.520. The maximum atomic E-state index is 12.7. The molecule has 2 rings (SSSR count). The second kappa shape index (κ2) is 6.77. The van der Waals surface area contributed by atoms with Gasteiger partial charge in [0.15, 0.2) is 0 Å². The number of hydrogen-bond acceptors (Lipinski definition) is 3. The fraction of sp³-hybridized carbons (Fsp3) is 0.875. The predicted octanol–water partition coefficient (Wildman–Crippen LogP) is 1.71. The van der Waals surface area contributed by atoms with Gasteiger partial charge in [-0.1, -0.05) is 27.2 Å². The lowest BCUT2D eigenvalue weighted by Gasteiger charge is -2.50. The smallest absolute Gasteiger partial charge is 0.246 e. The lowest BCUT2D eigenvalue weighted by atomic mass is 9.83. The third kappa shape index (κ3) is 3.23. The molecule has 2 aliphatic rings. The van der Waals surface area contributed by atoms with Gasteiger partial charge < -0.3 is 15.0 Å². The van der Waals surface area contributed by atoms with E-state index in [1.165, 1.54) is 0 Å². The van der Waals surface area contributed by atoms with Crippen molar-refractivity contribution in [3.63, 3.8) is 0 Å². The van der Waals surface area contributed by atoms with Crippen molar-refractivity contribution < 1.29 is 14.3 Å². The Balaban J connectivity index is 2.12. The third-order valence-electron chi connectivity index (χ3n) is 4.51. The molecule has 1 saturated carbocycles. The van der Waals surface area contributed by atoms with Crippen LogP contribution in [0.5, 0.6) is 0 Å². The maximum Gasteiger partial charge on any atom is 0.246 e. The van der Waals surface area contributed by atoms with Crippen molar-refractivity contribution in [2.24, 2.45) is 5.92 Å². The van der Waals surface area contributed by atoms with Crippen LogP contribution in [0, 0.1) is 5.92 Å². The van der Waals surface area contributed by atoms with E-state index in [1.54, 1.807) is 0 Å². The zero-order chi connectivity index (χ0) is 15.6. The molecule has 5 heteroatoms. The molecule has 5 nitrogen and oxygen atoms in total. The van der Waals surface area contributed by atoms with Crippen molar-refractivity contribution in [3.8, 4) is 0 Å². The number of rotatable bonds is 6. The number of carbonyl (C=O) groups is 2. The van der Waals surface area contributed by atoms with Crippen molar-refractivity contribution in [1.29, 1.82) is 0 Å². The molecule has 1 aliphatic heterocycles. The molecule has 1 N–H and O–H groups in total. The van der Waals surface area contributed by atoms with Crippen LogP contribution in [0.2, 0.25) is 0 Å². The highest BCUT2D eigenvalue weighted by Crippen LogP contribution is 2.33. The fourth-order valence-electron chi connectivity index (χ4n) is 3.41. The number of hydrogen-bond donors (Lipinski definition) is 1. The average molecular weight is 296 g/mol. The normalized spacial score (nSPS) is 33.1. The Kier molecular flexibility index (Phi) is 5.25. The molecule has 2 amide bonds. The van der Waals surface area contributed by atoms with Crippen molar-refractivity contribution >= 4 is 11.8 Å². The van der Waals surface area contributed by atoms with Gasteiger partial charge in [0, 0.05) is 12.6 Å². The minimum Gasteiger partial charge on any atom is -0.378 e. The van der Waals surface area contributed by atoms with Gasteiger partial charge in [0.25, 0.3) is 0 Å². The molecule has 0 spiro atoms. The van der Waals surface area contributed by atoms with Crippen molar-refractivity contribution in [3.05, 3.63) is 0 Å². The molecule has 0 aromatic heterocycles. The molecule has 0 aromatic rings. The summed E-state index contributed by atoms with van der Waals surface area (Å²) in [5.41, 5.74) is 0. The van der Waals surface area contributed by atoms with Crippen LogP contribution in [0.1, 0.15) is 53.4 Å². The molecule has 1 saturated heterocycles. The highest BCUT2D eigenvalue weighted by atomic mass is 16.5. The number of carbonyl (C=O) groups excluding carboxylic acids is 2. The van der Waals surface area contributed by atoms with Crippen LogP contribution >= 0.6 is 0 Å².